The quantitative estimate of drug-likeness (QED) is 0.616. The molecule has 2 amide bonds. The normalized spacial score (nSPS) is 9.75. The van der Waals surface area contributed by atoms with Crippen LogP contribution in [0.3, 0.4) is 0 Å². The van der Waals surface area contributed by atoms with Crippen LogP contribution in [-0.2, 0) is 0 Å². The van der Waals surface area contributed by atoms with E-state index in [1.54, 1.807) is 46.4 Å². The molecule has 1 aromatic rings. The minimum Gasteiger partial charge on any atom is -0.339 e. The molecule has 0 spiro atoms. The molecule has 7 heteroatoms. The van der Waals surface area contributed by atoms with Gasteiger partial charge in [0.25, 0.3) is 10.5 Å². The van der Waals surface area contributed by atoms with Crippen molar-refractivity contribution in [2.45, 2.75) is 9.79 Å². The van der Waals surface area contributed by atoms with Crippen LogP contribution in [0.4, 0.5) is 15.3 Å². The molecule has 20 heavy (non-hydrogen) atoms. The first-order valence-corrected chi connectivity index (χ1v) is 7.27. The predicted octanol–water partition coefficient (Wildman–Crippen LogP) is 3.78. The van der Waals surface area contributed by atoms with Gasteiger partial charge in [-0.25, -0.2) is 4.85 Å². The Morgan fingerprint density at radius 3 is 1.65 bits per heavy atom. The highest BCUT2D eigenvalue weighted by Gasteiger charge is 2.12. The number of rotatable bonds is 2. The van der Waals surface area contributed by atoms with E-state index in [1.807, 2.05) is 0 Å². The first kappa shape index (κ1) is 16.4. The number of thioether (sulfide) groups is 2. The van der Waals surface area contributed by atoms with Crippen LogP contribution >= 0.6 is 23.5 Å². The van der Waals surface area contributed by atoms with Gasteiger partial charge < -0.3 is 9.80 Å². The van der Waals surface area contributed by atoms with Gasteiger partial charge in [0, 0.05) is 38.0 Å². The Hall–Kier alpha value is -1.65. The van der Waals surface area contributed by atoms with Crippen LogP contribution < -0.4 is 0 Å². The van der Waals surface area contributed by atoms with Crippen LogP contribution in [0, 0.1) is 6.57 Å². The Kier molecular flexibility index (Phi) is 5.92. The Morgan fingerprint density at radius 2 is 1.35 bits per heavy atom. The fourth-order valence-electron chi connectivity index (χ4n) is 1.12. The first-order chi connectivity index (χ1) is 9.33. The monoisotopic (exact) mass is 309 g/mol. The van der Waals surface area contributed by atoms with Crippen molar-refractivity contribution in [2.24, 2.45) is 0 Å². The third kappa shape index (κ3) is 4.79. The van der Waals surface area contributed by atoms with E-state index in [9.17, 15) is 9.59 Å². The number of hydrogen-bond donors (Lipinski definition) is 0. The van der Waals surface area contributed by atoms with E-state index in [4.69, 9.17) is 6.57 Å². The molecule has 1 aromatic carbocycles. The molecule has 0 radical (unpaired) electrons. The molecule has 0 saturated heterocycles. The molecular weight excluding hydrogens is 294 g/mol. The Morgan fingerprint density at radius 1 is 0.950 bits per heavy atom. The molecule has 0 N–H and O–H groups in total. The maximum atomic E-state index is 11.7. The zero-order valence-electron chi connectivity index (χ0n) is 11.7. The van der Waals surface area contributed by atoms with Gasteiger partial charge in [0.15, 0.2) is 5.69 Å². The summed E-state index contributed by atoms with van der Waals surface area (Å²) in [4.78, 5) is 31.0. The summed E-state index contributed by atoms with van der Waals surface area (Å²) in [5.74, 6) is 0. The lowest BCUT2D eigenvalue weighted by Gasteiger charge is -2.12. The van der Waals surface area contributed by atoms with Crippen molar-refractivity contribution < 1.29 is 9.59 Å². The van der Waals surface area contributed by atoms with Gasteiger partial charge in [-0.15, -0.1) is 0 Å². The molecule has 0 aliphatic heterocycles. The van der Waals surface area contributed by atoms with Crippen molar-refractivity contribution in [1.29, 1.82) is 0 Å². The van der Waals surface area contributed by atoms with Crippen molar-refractivity contribution in [3.8, 4) is 0 Å². The minimum absolute atomic E-state index is 0.123. The third-order valence-corrected chi connectivity index (χ3v) is 4.16. The summed E-state index contributed by atoms with van der Waals surface area (Å²) in [7, 11) is 6.66. The molecule has 0 aliphatic carbocycles. The lowest BCUT2D eigenvalue weighted by molar-refractivity contribution is 0.240. The summed E-state index contributed by atoms with van der Waals surface area (Å²) >= 11 is 2.07. The van der Waals surface area contributed by atoms with E-state index in [0.717, 1.165) is 23.5 Å². The van der Waals surface area contributed by atoms with Crippen molar-refractivity contribution in [3.05, 3.63) is 29.6 Å². The van der Waals surface area contributed by atoms with E-state index < -0.39 is 0 Å². The molecule has 0 bridgehead atoms. The molecule has 0 saturated carbocycles. The van der Waals surface area contributed by atoms with Crippen LogP contribution in [-0.4, -0.2) is 48.5 Å². The Labute approximate surface area is 127 Å². The van der Waals surface area contributed by atoms with Gasteiger partial charge in [-0.1, -0.05) is 0 Å². The molecule has 0 heterocycles. The number of carbonyl (C=O) groups excluding carboxylic acids is 2. The second kappa shape index (κ2) is 7.22. The van der Waals surface area contributed by atoms with E-state index in [2.05, 4.69) is 4.85 Å². The average molecular weight is 309 g/mol. The summed E-state index contributed by atoms with van der Waals surface area (Å²) < 4.78 is 0. The molecule has 5 nitrogen and oxygen atoms in total. The molecule has 106 valence electrons. The Bertz CT molecular complexity index is 525. The summed E-state index contributed by atoms with van der Waals surface area (Å²) in [6.45, 7) is 7.09. The maximum absolute atomic E-state index is 11.7. The van der Waals surface area contributed by atoms with Crippen LogP contribution in [0.25, 0.3) is 4.85 Å². The zero-order valence-corrected chi connectivity index (χ0v) is 13.3. The summed E-state index contributed by atoms with van der Waals surface area (Å²) in [5.41, 5.74) is 0.413. The molecule has 1 rings (SSSR count). The van der Waals surface area contributed by atoms with E-state index in [-0.39, 0.29) is 10.5 Å². The van der Waals surface area contributed by atoms with Crippen LogP contribution in [0.5, 0.6) is 0 Å². The van der Waals surface area contributed by atoms with E-state index >= 15 is 0 Å². The van der Waals surface area contributed by atoms with Gasteiger partial charge in [-0.2, -0.15) is 0 Å². The van der Waals surface area contributed by atoms with Gasteiger partial charge in [-0.05, 0) is 41.7 Å². The maximum Gasteiger partial charge on any atom is 0.285 e. The fraction of sp³-hybridized carbons (Fsp3) is 0.308. The van der Waals surface area contributed by atoms with Crippen LogP contribution in [0.1, 0.15) is 0 Å². The summed E-state index contributed by atoms with van der Waals surface area (Å²) in [6.07, 6.45) is 0. The van der Waals surface area contributed by atoms with Crippen molar-refractivity contribution in [2.75, 3.05) is 28.2 Å². The van der Waals surface area contributed by atoms with Gasteiger partial charge in [0.05, 0.1) is 6.57 Å². The lowest BCUT2D eigenvalue weighted by atomic mass is 10.3. The molecule has 0 aromatic heterocycles. The highest BCUT2D eigenvalue weighted by atomic mass is 32.2. The van der Waals surface area contributed by atoms with E-state index in [1.165, 1.54) is 9.80 Å². The topological polar surface area (TPSA) is 45.0 Å². The molecule has 0 aliphatic rings. The number of amides is 2. The second-order valence-electron chi connectivity index (χ2n) is 4.30. The standard InChI is InChI=1S/C13H15N3O2S2/c1-14-9-6-10(19-12(17)15(2)3)8-11(7-9)20-13(18)16(4)5/h6-8H,2-5H3. The number of carbonyl (C=O) groups is 2. The van der Waals surface area contributed by atoms with Gasteiger partial charge >= 0.3 is 0 Å². The largest absolute Gasteiger partial charge is 0.339 e. The minimum atomic E-state index is -0.123. The number of hydrogen-bond acceptors (Lipinski definition) is 4. The molecule has 0 atom stereocenters. The first-order valence-electron chi connectivity index (χ1n) is 5.64. The molecular formula is C13H15N3O2S2. The van der Waals surface area contributed by atoms with Gasteiger partial charge in [-0.3, -0.25) is 9.59 Å². The van der Waals surface area contributed by atoms with E-state index in [0.29, 0.717) is 15.5 Å². The van der Waals surface area contributed by atoms with Crippen molar-refractivity contribution in [1.82, 2.24) is 9.80 Å². The number of benzene rings is 1. The van der Waals surface area contributed by atoms with Crippen molar-refractivity contribution in [3.63, 3.8) is 0 Å². The average Bonchev–Trinajstić information content (AvgIpc) is 2.37. The highest BCUT2D eigenvalue weighted by molar-refractivity contribution is 8.14. The number of nitrogens with zero attached hydrogens (tertiary/aromatic N) is 3. The zero-order chi connectivity index (χ0) is 15.3. The fourth-order valence-corrected chi connectivity index (χ4v) is 2.70. The lowest BCUT2D eigenvalue weighted by Crippen LogP contribution is -2.16. The van der Waals surface area contributed by atoms with Crippen LogP contribution in [0.2, 0.25) is 0 Å². The summed E-state index contributed by atoms with van der Waals surface area (Å²) in [6, 6.07) is 5.03. The smallest absolute Gasteiger partial charge is 0.285 e. The SMILES string of the molecule is [C-]#[N+]c1cc(SC(=O)N(C)C)cc(SC(=O)N(C)C)c1. The Balaban J connectivity index is 3.00. The second-order valence-corrected chi connectivity index (χ2v) is 6.35. The molecule has 0 fully saturated rings. The van der Waals surface area contributed by atoms with Gasteiger partial charge in [0.1, 0.15) is 0 Å². The highest BCUT2D eigenvalue weighted by Crippen LogP contribution is 2.32. The van der Waals surface area contributed by atoms with Crippen LogP contribution in [0.15, 0.2) is 28.0 Å². The third-order valence-electron chi connectivity index (χ3n) is 2.13. The predicted molar refractivity (Wildman–Crippen MR) is 82.6 cm³/mol. The van der Waals surface area contributed by atoms with Gasteiger partial charge in [0.2, 0.25) is 0 Å². The summed E-state index contributed by atoms with van der Waals surface area (Å²) in [5, 5.41) is -0.246. The van der Waals surface area contributed by atoms with Crippen molar-refractivity contribution >= 4 is 39.7 Å². The molecule has 0 unspecified atom stereocenters.